The minimum atomic E-state index is -0.709. The molecule has 0 unspecified atom stereocenters. The van der Waals surface area contributed by atoms with Crippen molar-refractivity contribution < 1.29 is 4.74 Å². The van der Waals surface area contributed by atoms with Gasteiger partial charge in [0.05, 0.1) is 7.11 Å². The van der Waals surface area contributed by atoms with E-state index in [1.807, 2.05) is 30.5 Å². The van der Waals surface area contributed by atoms with E-state index in [-0.39, 0.29) is 0 Å². The lowest BCUT2D eigenvalue weighted by Crippen LogP contribution is -2.23. The van der Waals surface area contributed by atoms with Gasteiger partial charge in [-0.2, -0.15) is 0 Å². The molecule has 3 heteroatoms. The molecule has 2 nitrogen and oxygen atoms in total. The van der Waals surface area contributed by atoms with Crippen LogP contribution in [0.5, 0.6) is 5.75 Å². The molecule has 0 saturated carbocycles. The maximum atomic E-state index is 5.52. The number of rotatable bonds is 4. The first-order chi connectivity index (χ1) is 10.4. The van der Waals surface area contributed by atoms with Crippen molar-refractivity contribution in [1.82, 2.24) is 4.98 Å². The summed E-state index contributed by atoms with van der Waals surface area (Å²) < 4.78 is 5.52. The third-order valence-electron chi connectivity index (χ3n) is 3.21. The molecular formula is C18H16NOP. The van der Waals surface area contributed by atoms with Gasteiger partial charge in [0.1, 0.15) is 11.2 Å². The number of ether oxygens (including phenoxy) is 1. The van der Waals surface area contributed by atoms with Crippen LogP contribution in [-0.4, -0.2) is 12.1 Å². The standard InChI is InChI=1S/C18H16NOP/c1-20-17-13-8-14-19-18(17)21(15-9-4-2-5-10-15)16-11-6-3-7-12-16/h2-14H,1H3. The van der Waals surface area contributed by atoms with Crippen LogP contribution >= 0.6 is 7.92 Å². The molecule has 0 aliphatic carbocycles. The summed E-state index contributed by atoms with van der Waals surface area (Å²) in [5.74, 6) is 0.844. The zero-order valence-electron chi connectivity index (χ0n) is 11.8. The molecule has 104 valence electrons. The average molecular weight is 293 g/mol. The lowest BCUT2D eigenvalue weighted by molar-refractivity contribution is 0.417. The topological polar surface area (TPSA) is 22.1 Å². The third-order valence-corrected chi connectivity index (χ3v) is 5.60. The Labute approximate surface area is 126 Å². The first-order valence-electron chi connectivity index (χ1n) is 6.79. The number of nitrogens with zero attached hydrogens (tertiary/aromatic N) is 1. The minimum absolute atomic E-state index is 0.709. The summed E-state index contributed by atoms with van der Waals surface area (Å²) in [7, 11) is 0.990. The van der Waals surface area contributed by atoms with E-state index in [9.17, 15) is 0 Å². The van der Waals surface area contributed by atoms with Crippen molar-refractivity contribution in [2.24, 2.45) is 0 Å². The van der Waals surface area contributed by atoms with E-state index in [0.717, 1.165) is 11.2 Å². The first kappa shape index (κ1) is 13.8. The summed E-state index contributed by atoms with van der Waals surface area (Å²) >= 11 is 0. The number of pyridine rings is 1. The van der Waals surface area contributed by atoms with Gasteiger partial charge < -0.3 is 4.74 Å². The Bertz CT molecular complexity index is 661. The van der Waals surface area contributed by atoms with Crippen LogP contribution in [0.2, 0.25) is 0 Å². The monoisotopic (exact) mass is 293 g/mol. The molecule has 0 saturated heterocycles. The van der Waals surface area contributed by atoms with Gasteiger partial charge in [0.25, 0.3) is 0 Å². The molecule has 0 fully saturated rings. The first-order valence-corrected chi connectivity index (χ1v) is 8.13. The summed E-state index contributed by atoms with van der Waals surface area (Å²) in [5.41, 5.74) is 1.01. The van der Waals surface area contributed by atoms with Crippen LogP contribution in [-0.2, 0) is 0 Å². The fourth-order valence-corrected chi connectivity index (χ4v) is 4.55. The minimum Gasteiger partial charge on any atom is -0.494 e. The molecule has 0 atom stereocenters. The highest BCUT2D eigenvalue weighted by molar-refractivity contribution is 7.79. The lowest BCUT2D eigenvalue weighted by atomic mass is 10.4. The summed E-state index contributed by atoms with van der Waals surface area (Å²) in [6.07, 6.45) is 1.83. The molecule has 2 aromatic carbocycles. The zero-order valence-corrected chi connectivity index (χ0v) is 12.7. The van der Waals surface area contributed by atoms with E-state index in [1.165, 1.54) is 10.6 Å². The van der Waals surface area contributed by atoms with Crippen LogP contribution in [0.3, 0.4) is 0 Å². The number of aromatic nitrogens is 1. The van der Waals surface area contributed by atoms with E-state index in [0.29, 0.717) is 0 Å². The Morgan fingerprint density at radius 1 is 0.762 bits per heavy atom. The van der Waals surface area contributed by atoms with Gasteiger partial charge in [-0.3, -0.25) is 4.98 Å². The molecular weight excluding hydrogens is 277 g/mol. The third kappa shape index (κ3) is 2.96. The van der Waals surface area contributed by atoms with Gasteiger partial charge in [-0.15, -0.1) is 0 Å². The van der Waals surface area contributed by atoms with Crippen molar-refractivity contribution >= 4 is 24.0 Å². The van der Waals surface area contributed by atoms with Crippen LogP contribution in [0.15, 0.2) is 79.0 Å². The van der Waals surface area contributed by atoms with Crippen molar-refractivity contribution in [3.05, 3.63) is 79.0 Å². The average Bonchev–Trinajstić information content (AvgIpc) is 2.58. The highest BCUT2D eigenvalue weighted by atomic mass is 31.1. The predicted octanol–water partition coefficient (Wildman–Crippen LogP) is 2.85. The molecule has 1 aromatic heterocycles. The van der Waals surface area contributed by atoms with Crippen LogP contribution in [0.4, 0.5) is 0 Å². The van der Waals surface area contributed by atoms with Gasteiger partial charge >= 0.3 is 0 Å². The van der Waals surface area contributed by atoms with Gasteiger partial charge in [0.15, 0.2) is 0 Å². The largest absolute Gasteiger partial charge is 0.494 e. The molecule has 0 radical (unpaired) electrons. The van der Waals surface area contributed by atoms with Crippen molar-refractivity contribution in [2.75, 3.05) is 7.11 Å². The SMILES string of the molecule is COc1cccnc1P(c1ccccc1)c1ccccc1. The maximum Gasteiger partial charge on any atom is 0.145 e. The molecule has 21 heavy (non-hydrogen) atoms. The summed E-state index contributed by atoms with van der Waals surface area (Å²) in [6, 6.07) is 24.9. The summed E-state index contributed by atoms with van der Waals surface area (Å²) in [5, 5.41) is 2.55. The van der Waals surface area contributed by atoms with Gasteiger partial charge in [-0.25, -0.2) is 0 Å². The second-order valence-corrected chi connectivity index (χ2v) is 6.66. The zero-order chi connectivity index (χ0) is 14.5. The molecule has 0 aliphatic heterocycles. The van der Waals surface area contributed by atoms with Crippen molar-refractivity contribution in [1.29, 1.82) is 0 Å². The maximum absolute atomic E-state index is 5.52. The highest BCUT2D eigenvalue weighted by Crippen LogP contribution is 2.34. The van der Waals surface area contributed by atoms with E-state index in [1.54, 1.807) is 7.11 Å². The Balaban J connectivity index is 2.17. The van der Waals surface area contributed by atoms with Crippen LogP contribution in [0, 0.1) is 0 Å². The van der Waals surface area contributed by atoms with Crippen LogP contribution < -0.4 is 20.8 Å². The van der Waals surface area contributed by atoms with Crippen molar-refractivity contribution in [3.63, 3.8) is 0 Å². The molecule has 3 aromatic rings. The van der Waals surface area contributed by atoms with Crippen LogP contribution in [0.1, 0.15) is 0 Å². The molecule has 0 amide bonds. The number of benzene rings is 2. The Morgan fingerprint density at radius 2 is 1.33 bits per heavy atom. The molecule has 1 heterocycles. The lowest BCUT2D eigenvalue weighted by Gasteiger charge is -2.20. The Morgan fingerprint density at radius 3 is 1.86 bits per heavy atom. The summed E-state index contributed by atoms with van der Waals surface area (Å²) in [6.45, 7) is 0. The van der Waals surface area contributed by atoms with E-state index in [2.05, 4.69) is 53.5 Å². The molecule has 0 spiro atoms. The molecule has 0 N–H and O–H groups in total. The molecule has 3 rings (SSSR count). The molecule has 0 aliphatic rings. The van der Waals surface area contributed by atoms with Crippen molar-refractivity contribution in [3.8, 4) is 5.75 Å². The van der Waals surface area contributed by atoms with Gasteiger partial charge in [0.2, 0.25) is 0 Å². The fourth-order valence-electron chi connectivity index (χ4n) is 2.26. The van der Waals surface area contributed by atoms with E-state index in [4.69, 9.17) is 4.74 Å². The number of hydrogen-bond acceptors (Lipinski definition) is 2. The van der Waals surface area contributed by atoms with Crippen LogP contribution in [0.25, 0.3) is 0 Å². The second-order valence-electron chi connectivity index (χ2n) is 4.54. The molecule has 0 bridgehead atoms. The smallest absolute Gasteiger partial charge is 0.145 e. The summed E-state index contributed by atoms with van der Waals surface area (Å²) in [4.78, 5) is 4.61. The quantitative estimate of drug-likeness (QED) is 0.690. The van der Waals surface area contributed by atoms with E-state index < -0.39 is 7.92 Å². The highest BCUT2D eigenvalue weighted by Gasteiger charge is 2.20. The van der Waals surface area contributed by atoms with Gasteiger partial charge in [0, 0.05) is 14.1 Å². The predicted molar refractivity (Wildman–Crippen MR) is 89.5 cm³/mol. The van der Waals surface area contributed by atoms with Crippen molar-refractivity contribution in [2.45, 2.75) is 0 Å². The fraction of sp³-hybridized carbons (Fsp3) is 0.0556. The second kappa shape index (κ2) is 6.51. The van der Waals surface area contributed by atoms with Gasteiger partial charge in [-0.1, -0.05) is 60.7 Å². The Kier molecular flexibility index (Phi) is 4.28. The van der Waals surface area contributed by atoms with E-state index >= 15 is 0 Å². The number of hydrogen-bond donors (Lipinski definition) is 0. The Hall–Kier alpha value is -2.18. The van der Waals surface area contributed by atoms with Gasteiger partial charge in [-0.05, 0) is 22.7 Å². The normalized spacial score (nSPS) is 10.6. The number of methoxy groups -OCH3 is 1.